The van der Waals surface area contributed by atoms with Gasteiger partial charge in [0.05, 0.1) is 17.7 Å². The predicted molar refractivity (Wildman–Crippen MR) is 132 cm³/mol. The summed E-state index contributed by atoms with van der Waals surface area (Å²) < 4.78 is 11.4. The number of ether oxygens (including phenoxy) is 2. The van der Waals surface area contributed by atoms with Crippen molar-refractivity contribution in [3.63, 3.8) is 0 Å². The molecule has 0 bridgehead atoms. The zero-order chi connectivity index (χ0) is 24.7. The maximum atomic E-state index is 13.0. The van der Waals surface area contributed by atoms with Crippen LogP contribution in [-0.2, 0) is 13.2 Å². The van der Waals surface area contributed by atoms with Gasteiger partial charge in [-0.15, -0.1) is 0 Å². The van der Waals surface area contributed by atoms with Crippen molar-refractivity contribution in [2.75, 3.05) is 7.05 Å². The van der Waals surface area contributed by atoms with Crippen molar-refractivity contribution in [3.05, 3.63) is 94.5 Å². The Bertz CT molecular complexity index is 1120. The van der Waals surface area contributed by atoms with E-state index in [1.165, 1.54) is 18.1 Å². The molecule has 0 aliphatic rings. The lowest BCUT2D eigenvalue weighted by Crippen LogP contribution is -2.49. The number of hydrogen-bond donors (Lipinski definition) is 1. The molecule has 0 saturated heterocycles. The fraction of sp³-hybridized carbons (Fsp3) is 0.231. The SMILES string of the molecule is CC(C)Oc1ccc(C(=O)N(C)N(Cc2ccc(OCc3ccccc3)cc2)C(N)=O)cc1Cl. The van der Waals surface area contributed by atoms with Crippen LogP contribution in [0.25, 0.3) is 0 Å². The van der Waals surface area contributed by atoms with E-state index in [0.29, 0.717) is 28.7 Å². The number of primary amides is 1. The highest BCUT2D eigenvalue weighted by Gasteiger charge is 2.23. The van der Waals surface area contributed by atoms with Crippen LogP contribution < -0.4 is 15.2 Å². The van der Waals surface area contributed by atoms with E-state index in [1.54, 1.807) is 12.1 Å². The van der Waals surface area contributed by atoms with Crippen LogP contribution in [0.5, 0.6) is 11.5 Å². The van der Waals surface area contributed by atoms with E-state index in [9.17, 15) is 9.59 Å². The average molecular weight is 482 g/mol. The van der Waals surface area contributed by atoms with E-state index in [1.807, 2.05) is 68.4 Å². The molecule has 0 aromatic heterocycles. The second-order valence-electron chi connectivity index (χ2n) is 7.95. The molecule has 0 heterocycles. The fourth-order valence-corrected chi connectivity index (χ4v) is 3.44. The maximum Gasteiger partial charge on any atom is 0.334 e. The van der Waals surface area contributed by atoms with Crippen LogP contribution in [0, 0.1) is 0 Å². The van der Waals surface area contributed by atoms with Crippen molar-refractivity contribution in [3.8, 4) is 11.5 Å². The number of carbonyl (C=O) groups excluding carboxylic acids is 2. The molecule has 0 spiro atoms. The minimum absolute atomic E-state index is 0.0535. The molecule has 0 aliphatic heterocycles. The maximum absolute atomic E-state index is 13.0. The van der Waals surface area contributed by atoms with E-state index in [-0.39, 0.29) is 12.6 Å². The Morgan fingerprint density at radius 1 is 0.971 bits per heavy atom. The number of urea groups is 1. The third-order valence-electron chi connectivity index (χ3n) is 4.96. The molecule has 3 aromatic carbocycles. The molecule has 3 amide bonds. The van der Waals surface area contributed by atoms with Gasteiger partial charge in [0.2, 0.25) is 0 Å². The smallest absolute Gasteiger partial charge is 0.334 e. The van der Waals surface area contributed by atoms with Gasteiger partial charge in [0, 0.05) is 12.6 Å². The van der Waals surface area contributed by atoms with E-state index >= 15 is 0 Å². The highest BCUT2D eigenvalue weighted by Crippen LogP contribution is 2.27. The summed E-state index contributed by atoms with van der Waals surface area (Å²) in [5.74, 6) is 0.748. The molecule has 0 aliphatic carbocycles. The molecule has 0 saturated carbocycles. The molecular weight excluding hydrogens is 454 g/mol. The van der Waals surface area contributed by atoms with E-state index < -0.39 is 11.9 Å². The van der Waals surface area contributed by atoms with Crippen molar-refractivity contribution < 1.29 is 19.1 Å². The molecule has 0 unspecified atom stereocenters. The Kier molecular flexibility index (Phi) is 8.38. The fourth-order valence-electron chi connectivity index (χ4n) is 3.22. The molecule has 3 aromatic rings. The van der Waals surface area contributed by atoms with Crippen LogP contribution in [0.3, 0.4) is 0 Å². The summed E-state index contributed by atoms with van der Waals surface area (Å²) in [7, 11) is 1.48. The number of rotatable bonds is 8. The number of amides is 3. The third-order valence-corrected chi connectivity index (χ3v) is 5.25. The van der Waals surface area contributed by atoms with Gasteiger partial charge in [0.15, 0.2) is 0 Å². The number of benzene rings is 3. The van der Waals surface area contributed by atoms with Gasteiger partial charge in [-0.05, 0) is 55.3 Å². The molecule has 8 heteroatoms. The molecule has 2 N–H and O–H groups in total. The first-order valence-corrected chi connectivity index (χ1v) is 11.2. The van der Waals surface area contributed by atoms with E-state index in [0.717, 1.165) is 16.1 Å². The van der Waals surface area contributed by atoms with Crippen LogP contribution in [0.15, 0.2) is 72.8 Å². The highest BCUT2D eigenvalue weighted by molar-refractivity contribution is 6.32. The molecular formula is C26H28ClN3O4. The molecule has 0 radical (unpaired) electrons. The van der Waals surface area contributed by atoms with Crippen molar-refractivity contribution in [1.29, 1.82) is 0 Å². The summed E-state index contributed by atoms with van der Waals surface area (Å²) in [5, 5.41) is 2.65. The Hall–Kier alpha value is -3.71. The van der Waals surface area contributed by atoms with Gasteiger partial charge in [0.1, 0.15) is 18.1 Å². The number of carbonyl (C=O) groups is 2. The van der Waals surface area contributed by atoms with Gasteiger partial charge in [-0.3, -0.25) is 4.79 Å². The highest BCUT2D eigenvalue weighted by atomic mass is 35.5. The summed E-state index contributed by atoms with van der Waals surface area (Å²) in [5.41, 5.74) is 7.73. The van der Waals surface area contributed by atoms with Crippen molar-refractivity contribution in [2.45, 2.75) is 33.1 Å². The minimum atomic E-state index is -0.758. The van der Waals surface area contributed by atoms with Gasteiger partial charge in [0.25, 0.3) is 5.91 Å². The van der Waals surface area contributed by atoms with Gasteiger partial charge < -0.3 is 15.2 Å². The normalized spacial score (nSPS) is 10.6. The molecule has 0 atom stereocenters. The number of nitrogens with two attached hydrogens (primary N) is 1. The van der Waals surface area contributed by atoms with Crippen molar-refractivity contribution in [1.82, 2.24) is 10.0 Å². The van der Waals surface area contributed by atoms with Crippen LogP contribution in [-0.4, -0.2) is 35.1 Å². The minimum Gasteiger partial charge on any atom is -0.489 e. The Morgan fingerprint density at radius 2 is 1.65 bits per heavy atom. The Balaban J connectivity index is 1.66. The van der Waals surface area contributed by atoms with Crippen LogP contribution in [0.4, 0.5) is 4.79 Å². The van der Waals surface area contributed by atoms with Gasteiger partial charge >= 0.3 is 6.03 Å². The first kappa shape index (κ1) is 24.9. The zero-order valence-corrected chi connectivity index (χ0v) is 20.2. The Morgan fingerprint density at radius 3 is 2.24 bits per heavy atom. The predicted octanol–water partition coefficient (Wildman–Crippen LogP) is 5.27. The van der Waals surface area contributed by atoms with Crippen LogP contribution in [0.1, 0.15) is 35.3 Å². The van der Waals surface area contributed by atoms with E-state index in [2.05, 4.69) is 0 Å². The second kappa shape index (κ2) is 11.4. The summed E-state index contributed by atoms with van der Waals surface area (Å²) in [6.45, 7) is 4.33. The first-order valence-electron chi connectivity index (χ1n) is 10.8. The van der Waals surface area contributed by atoms with Gasteiger partial charge in [-0.25, -0.2) is 14.8 Å². The number of hydrogen-bond acceptors (Lipinski definition) is 4. The molecule has 178 valence electrons. The Labute approximate surface area is 204 Å². The lowest BCUT2D eigenvalue weighted by Gasteiger charge is -2.30. The lowest BCUT2D eigenvalue weighted by atomic mass is 10.2. The van der Waals surface area contributed by atoms with Gasteiger partial charge in [-0.1, -0.05) is 54.1 Å². The van der Waals surface area contributed by atoms with E-state index in [4.69, 9.17) is 26.8 Å². The standard InChI is InChI=1S/C26H28ClN3O4/c1-18(2)34-24-14-11-21(15-23(24)27)25(31)29(3)30(26(28)32)16-19-9-12-22(13-10-19)33-17-20-7-5-4-6-8-20/h4-15,18H,16-17H2,1-3H3,(H2,28,32). The summed E-state index contributed by atoms with van der Waals surface area (Å²) >= 11 is 6.26. The largest absolute Gasteiger partial charge is 0.489 e. The molecule has 3 rings (SSSR count). The van der Waals surface area contributed by atoms with Crippen molar-refractivity contribution in [2.24, 2.45) is 5.73 Å². The number of hydrazine groups is 1. The average Bonchev–Trinajstić information content (AvgIpc) is 2.82. The molecule has 7 nitrogen and oxygen atoms in total. The van der Waals surface area contributed by atoms with Crippen molar-refractivity contribution >= 4 is 23.5 Å². The monoisotopic (exact) mass is 481 g/mol. The topological polar surface area (TPSA) is 85.1 Å². The first-order chi connectivity index (χ1) is 16.2. The quantitative estimate of drug-likeness (QED) is 0.444. The number of halogens is 1. The zero-order valence-electron chi connectivity index (χ0n) is 19.4. The third kappa shape index (κ3) is 6.65. The van der Waals surface area contributed by atoms with Crippen LogP contribution >= 0.6 is 11.6 Å². The molecule has 34 heavy (non-hydrogen) atoms. The summed E-state index contributed by atoms with van der Waals surface area (Å²) in [4.78, 5) is 25.1. The second-order valence-corrected chi connectivity index (χ2v) is 8.36. The summed E-state index contributed by atoms with van der Waals surface area (Å²) in [6, 6.07) is 21.1. The lowest BCUT2D eigenvalue weighted by molar-refractivity contribution is 0.0257. The van der Waals surface area contributed by atoms with Crippen LogP contribution in [0.2, 0.25) is 5.02 Å². The van der Waals surface area contributed by atoms with Gasteiger partial charge in [-0.2, -0.15) is 0 Å². The molecule has 0 fully saturated rings. The number of nitrogens with zero attached hydrogens (tertiary/aromatic N) is 2. The summed E-state index contributed by atoms with van der Waals surface area (Å²) in [6.07, 6.45) is -0.0535.